The Kier molecular flexibility index (Phi) is 7.90. The first kappa shape index (κ1) is 17.6. The van der Waals surface area contributed by atoms with Crippen molar-refractivity contribution in [3.63, 3.8) is 0 Å². The Morgan fingerprint density at radius 1 is 1.14 bits per heavy atom. The van der Waals surface area contributed by atoms with Crippen LogP contribution in [-0.2, 0) is 0 Å². The summed E-state index contributed by atoms with van der Waals surface area (Å²) in [4.78, 5) is 2.77. The summed E-state index contributed by atoms with van der Waals surface area (Å²) in [5.74, 6) is 3.21. The standard InChI is InChI=1S/C18H36N2S/c1-4-9-19-18-8-7-15(5-2)12-16(18)13-20-10-11-21-17(6-3)14-20/h15-19H,4-14H2,1-3H3. The summed E-state index contributed by atoms with van der Waals surface area (Å²) >= 11 is 2.19. The summed E-state index contributed by atoms with van der Waals surface area (Å²) in [5.41, 5.74) is 0. The zero-order valence-corrected chi connectivity index (χ0v) is 15.3. The highest BCUT2D eigenvalue weighted by molar-refractivity contribution is 8.00. The van der Waals surface area contributed by atoms with E-state index in [1.807, 2.05) is 0 Å². The van der Waals surface area contributed by atoms with Gasteiger partial charge in [0.25, 0.3) is 0 Å². The molecule has 2 rings (SSSR count). The van der Waals surface area contributed by atoms with Crippen molar-refractivity contribution in [3.8, 4) is 0 Å². The van der Waals surface area contributed by atoms with Crippen LogP contribution in [0.1, 0.15) is 59.3 Å². The molecule has 2 nitrogen and oxygen atoms in total. The molecule has 1 saturated carbocycles. The Bertz CT molecular complexity index is 284. The van der Waals surface area contributed by atoms with E-state index in [1.54, 1.807) is 0 Å². The first-order chi connectivity index (χ1) is 10.3. The van der Waals surface area contributed by atoms with E-state index in [-0.39, 0.29) is 0 Å². The van der Waals surface area contributed by atoms with Crippen LogP contribution < -0.4 is 5.32 Å². The van der Waals surface area contributed by atoms with Gasteiger partial charge in [0, 0.05) is 36.7 Å². The highest BCUT2D eigenvalue weighted by atomic mass is 32.2. The van der Waals surface area contributed by atoms with Gasteiger partial charge in [0.2, 0.25) is 0 Å². The van der Waals surface area contributed by atoms with Crippen molar-refractivity contribution < 1.29 is 0 Å². The van der Waals surface area contributed by atoms with Crippen LogP contribution in [0, 0.1) is 11.8 Å². The van der Waals surface area contributed by atoms with Gasteiger partial charge in [-0.3, -0.25) is 0 Å². The minimum Gasteiger partial charge on any atom is -0.314 e. The number of nitrogens with zero attached hydrogens (tertiary/aromatic N) is 1. The average molecular weight is 313 g/mol. The van der Waals surface area contributed by atoms with Crippen LogP contribution >= 0.6 is 11.8 Å². The van der Waals surface area contributed by atoms with Crippen molar-refractivity contribution >= 4 is 11.8 Å². The fourth-order valence-corrected chi connectivity index (χ4v) is 5.31. The summed E-state index contributed by atoms with van der Waals surface area (Å²) in [7, 11) is 0. The smallest absolute Gasteiger partial charge is 0.0172 e. The van der Waals surface area contributed by atoms with E-state index >= 15 is 0 Å². The Labute approximate surface area is 136 Å². The van der Waals surface area contributed by atoms with E-state index in [0.717, 1.165) is 23.1 Å². The highest BCUT2D eigenvalue weighted by Gasteiger charge is 2.31. The van der Waals surface area contributed by atoms with Crippen LogP contribution in [0.25, 0.3) is 0 Å². The van der Waals surface area contributed by atoms with Crippen molar-refractivity contribution in [1.82, 2.24) is 10.2 Å². The normalized spacial score (nSPS) is 35.0. The van der Waals surface area contributed by atoms with Crippen molar-refractivity contribution in [1.29, 1.82) is 0 Å². The molecule has 0 aromatic rings. The lowest BCUT2D eigenvalue weighted by molar-refractivity contribution is 0.139. The van der Waals surface area contributed by atoms with E-state index in [1.165, 1.54) is 70.5 Å². The lowest BCUT2D eigenvalue weighted by atomic mass is 9.76. The quantitative estimate of drug-likeness (QED) is 0.764. The van der Waals surface area contributed by atoms with Crippen LogP contribution in [0.4, 0.5) is 0 Å². The summed E-state index contributed by atoms with van der Waals surface area (Å²) in [6, 6.07) is 0.780. The van der Waals surface area contributed by atoms with E-state index in [4.69, 9.17) is 0 Å². The third kappa shape index (κ3) is 5.44. The Hall–Kier alpha value is 0.270. The number of thioether (sulfide) groups is 1. The fraction of sp³-hybridized carbons (Fsp3) is 1.00. The predicted octanol–water partition coefficient (Wildman–Crippen LogP) is 4.01. The predicted molar refractivity (Wildman–Crippen MR) is 96.2 cm³/mol. The molecule has 2 aliphatic rings. The molecule has 3 heteroatoms. The maximum Gasteiger partial charge on any atom is 0.0172 e. The molecule has 1 N–H and O–H groups in total. The Morgan fingerprint density at radius 2 is 2.00 bits per heavy atom. The summed E-state index contributed by atoms with van der Waals surface area (Å²) < 4.78 is 0. The average Bonchev–Trinajstić information content (AvgIpc) is 2.53. The monoisotopic (exact) mass is 312 g/mol. The van der Waals surface area contributed by atoms with E-state index in [9.17, 15) is 0 Å². The van der Waals surface area contributed by atoms with Gasteiger partial charge in [-0.05, 0) is 50.5 Å². The summed E-state index contributed by atoms with van der Waals surface area (Å²) in [6.45, 7) is 12.2. The maximum atomic E-state index is 3.85. The Morgan fingerprint density at radius 3 is 2.71 bits per heavy atom. The van der Waals surface area contributed by atoms with Gasteiger partial charge >= 0.3 is 0 Å². The van der Waals surface area contributed by atoms with Crippen molar-refractivity contribution in [2.45, 2.75) is 70.6 Å². The van der Waals surface area contributed by atoms with Gasteiger partial charge in [0.05, 0.1) is 0 Å². The topological polar surface area (TPSA) is 15.3 Å². The molecule has 1 aliphatic carbocycles. The minimum absolute atomic E-state index is 0.780. The molecule has 4 atom stereocenters. The second kappa shape index (κ2) is 9.42. The van der Waals surface area contributed by atoms with Gasteiger partial charge in [-0.15, -0.1) is 0 Å². The minimum atomic E-state index is 0.780. The zero-order valence-electron chi connectivity index (χ0n) is 14.4. The number of rotatable bonds is 7. The van der Waals surface area contributed by atoms with Crippen molar-refractivity contribution in [3.05, 3.63) is 0 Å². The highest BCUT2D eigenvalue weighted by Crippen LogP contribution is 2.33. The van der Waals surface area contributed by atoms with Gasteiger partial charge in [-0.25, -0.2) is 0 Å². The largest absolute Gasteiger partial charge is 0.314 e. The lowest BCUT2D eigenvalue weighted by Crippen LogP contribution is -2.48. The zero-order chi connectivity index (χ0) is 15.1. The van der Waals surface area contributed by atoms with Gasteiger partial charge in [0.15, 0.2) is 0 Å². The second-order valence-electron chi connectivity index (χ2n) is 7.07. The van der Waals surface area contributed by atoms with Gasteiger partial charge < -0.3 is 10.2 Å². The molecule has 0 amide bonds. The first-order valence-corrected chi connectivity index (χ1v) is 10.4. The van der Waals surface area contributed by atoms with Crippen LogP contribution in [0.15, 0.2) is 0 Å². The van der Waals surface area contributed by atoms with Crippen LogP contribution in [0.5, 0.6) is 0 Å². The molecule has 1 saturated heterocycles. The lowest BCUT2D eigenvalue weighted by Gasteiger charge is -2.41. The van der Waals surface area contributed by atoms with Crippen LogP contribution in [0.2, 0.25) is 0 Å². The van der Waals surface area contributed by atoms with Crippen molar-refractivity contribution in [2.75, 3.05) is 31.9 Å². The van der Waals surface area contributed by atoms with E-state index in [2.05, 4.69) is 42.7 Å². The first-order valence-electron chi connectivity index (χ1n) is 9.34. The van der Waals surface area contributed by atoms with Crippen LogP contribution in [-0.4, -0.2) is 48.1 Å². The van der Waals surface area contributed by atoms with E-state index in [0.29, 0.717) is 0 Å². The second-order valence-corrected chi connectivity index (χ2v) is 8.48. The Balaban J connectivity index is 1.88. The van der Waals surface area contributed by atoms with Gasteiger partial charge in [0.1, 0.15) is 0 Å². The molecular weight excluding hydrogens is 276 g/mol. The molecule has 4 unspecified atom stereocenters. The molecular formula is C18H36N2S. The number of hydrogen-bond donors (Lipinski definition) is 1. The molecule has 0 radical (unpaired) electrons. The SMILES string of the molecule is CCCNC1CCC(CC)CC1CN1CCSC(CC)C1. The molecule has 2 fully saturated rings. The maximum absolute atomic E-state index is 3.85. The van der Waals surface area contributed by atoms with Gasteiger partial charge in [-0.2, -0.15) is 11.8 Å². The molecule has 124 valence electrons. The summed E-state index contributed by atoms with van der Waals surface area (Å²) in [5, 5.41) is 4.73. The van der Waals surface area contributed by atoms with E-state index < -0.39 is 0 Å². The van der Waals surface area contributed by atoms with Gasteiger partial charge in [-0.1, -0.05) is 27.2 Å². The summed E-state index contributed by atoms with van der Waals surface area (Å²) in [6.07, 6.45) is 8.28. The third-order valence-electron chi connectivity index (χ3n) is 5.50. The molecule has 21 heavy (non-hydrogen) atoms. The molecule has 0 bridgehead atoms. The number of nitrogens with one attached hydrogen (secondary N) is 1. The molecule has 0 spiro atoms. The van der Waals surface area contributed by atoms with Crippen LogP contribution in [0.3, 0.4) is 0 Å². The third-order valence-corrected chi connectivity index (χ3v) is 6.87. The number of hydrogen-bond acceptors (Lipinski definition) is 3. The molecule has 1 heterocycles. The van der Waals surface area contributed by atoms with Crippen molar-refractivity contribution in [2.24, 2.45) is 11.8 Å². The molecule has 0 aromatic carbocycles. The molecule has 1 aliphatic heterocycles. The fourth-order valence-electron chi connectivity index (χ4n) is 4.06. The molecule has 0 aromatic heterocycles.